The summed E-state index contributed by atoms with van der Waals surface area (Å²) in [7, 11) is 0. The van der Waals surface area contributed by atoms with Crippen LogP contribution in [0, 0.1) is 6.92 Å². The maximum absolute atomic E-state index is 11.6. The quantitative estimate of drug-likeness (QED) is 0.366. The number of rotatable bonds is 3. The summed E-state index contributed by atoms with van der Waals surface area (Å²) in [5.41, 5.74) is 7.68. The lowest BCUT2D eigenvalue weighted by atomic mass is 10.3. The number of nitrogens with zero attached hydrogens (tertiary/aromatic N) is 4. The summed E-state index contributed by atoms with van der Waals surface area (Å²) in [6, 6.07) is 0. The molecule has 0 saturated heterocycles. The van der Waals surface area contributed by atoms with Gasteiger partial charge in [0.25, 0.3) is 5.56 Å². The van der Waals surface area contributed by atoms with Crippen LogP contribution in [0.25, 0.3) is 10.4 Å². The monoisotopic (exact) mass is 249 g/mol. The van der Waals surface area contributed by atoms with Crippen molar-refractivity contribution in [3.8, 4) is 0 Å². The first-order valence-corrected chi connectivity index (χ1v) is 5.28. The predicted molar refractivity (Wildman–Crippen MR) is 63.1 cm³/mol. The van der Waals surface area contributed by atoms with Gasteiger partial charge in [-0.25, -0.2) is 4.79 Å². The summed E-state index contributed by atoms with van der Waals surface area (Å²) in [5, 5.41) is 3.40. The fourth-order valence-electron chi connectivity index (χ4n) is 1.64. The van der Waals surface area contributed by atoms with Gasteiger partial charge in [0.15, 0.2) is 6.23 Å². The zero-order chi connectivity index (χ0) is 13.1. The largest absolute Gasteiger partial charge is 0.347 e. The second-order valence-electron chi connectivity index (χ2n) is 3.84. The lowest BCUT2D eigenvalue weighted by Gasteiger charge is -2.15. The van der Waals surface area contributed by atoms with Crippen LogP contribution in [0.3, 0.4) is 0 Å². The van der Waals surface area contributed by atoms with Crippen molar-refractivity contribution in [3.05, 3.63) is 55.2 Å². The van der Waals surface area contributed by atoms with E-state index in [1.807, 2.05) is 0 Å². The number of aryl methyl sites for hydroxylation is 1. The minimum Gasteiger partial charge on any atom is -0.347 e. The lowest BCUT2D eigenvalue weighted by molar-refractivity contribution is 0.0198. The van der Waals surface area contributed by atoms with Crippen LogP contribution in [-0.2, 0) is 4.74 Å². The van der Waals surface area contributed by atoms with Crippen LogP contribution < -0.4 is 11.2 Å². The van der Waals surface area contributed by atoms with Crippen molar-refractivity contribution in [2.24, 2.45) is 5.11 Å². The summed E-state index contributed by atoms with van der Waals surface area (Å²) in [4.78, 5) is 27.7. The van der Waals surface area contributed by atoms with Crippen LogP contribution in [0.1, 0.15) is 11.8 Å². The number of aromatic nitrogens is 2. The van der Waals surface area contributed by atoms with Crippen LogP contribution in [0.2, 0.25) is 0 Å². The van der Waals surface area contributed by atoms with Crippen LogP contribution >= 0.6 is 0 Å². The first-order chi connectivity index (χ1) is 8.61. The molecule has 0 saturated carbocycles. The molecule has 1 aliphatic heterocycles. The van der Waals surface area contributed by atoms with E-state index in [-0.39, 0.29) is 12.6 Å². The van der Waals surface area contributed by atoms with Crippen molar-refractivity contribution in [2.75, 3.05) is 6.54 Å². The van der Waals surface area contributed by atoms with E-state index in [0.29, 0.717) is 5.56 Å². The second-order valence-corrected chi connectivity index (χ2v) is 3.84. The van der Waals surface area contributed by atoms with E-state index in [1.54, 1.807) is 19.1 Å². The zero-order valence-corrected chi connectivity index (χ0v) is 9.61. The molecule has 8 heteroatoms. The van der Waals surface area contributed by atoms with Gasteiger partial charge in [-0.05, 0) is 18.5 Å². The molecule has 0 radical (unpaired) electrons. The highest BCUT2D eigenvalue weighted by atomic mass is 16.5. The molecule has 1 N–H and O–H groups in total. The Hall–Kier alpha value is -2.31. The van der Waals surface area contributed by atoms with Gasteiger partial charge >= 0.3 is 5.69 Å². The summed E-state index contributed by atoms with van der Waals surface area (Å²) in [6.45, 7) is 1.77. The number of nitrogens with one attached hydrogen (secondary N) is 1. The molecule has 0 spiro atoms. The molecular weight excluding hydrogens is 238 g/mol. The summed E-state index contributed by atoms with van der Waals surface area (Å²) < 4.78 is 6.77. The van der Waals surface area contributed by atoms with Crippen molar-refractivity contribution in [3.63, 3.8) is 0 Å². The number of azide groups is 1. The molecule has 0 aliphatic carbocycles. The number of hydrogen-bond donors (Lipinski definition) is 1. The Balaban J connectivity index is 2.23. The van der Waals surface area contributed by atoms with Crippen LogP contribution in [0.4, 0.5) is 0 Å². The third-order valence-electron chi connectivity index (χ3n) is 2.55. The maximum atomic E-state index is 11.6. The molecule has 94 valence electrons. The lowest BCUT2D eigenvalue weighted by Crippen LogP contribution is -2.33. The molecule has 0 aromatic carbocycles. The van der Waals surface area contributed by atoms with Gasteiger partial charge in [-0.2, -0.15) is 0 Å². The summed E-state index contributed by atoms with van der Waals surface area (Å²) >= 11 is 0. The van der Waals surface area contributed by atoms with Gasteiger partial charge < -0.3 is 4.74 Å². The number of hydrogen-bond acceptors (Lipinski definition) is 4. The molecule has 0 amide bonds. The van der Waals surface area contributed by atoms with Gasteiger partial charge in [0.1, 0.15) is 0 Å². The Morgan fingerprint density at radius 2 is 2.33 bits per heavy atom. The fourth-order valence-corrected chi connectivity index (χ4v) is 1.64. The smallest absolute Gasteiger partial charge is 0.330 e. The number of ether oxygens (including phenoxy) is 1. The molecule has 1 aliphatic rings. The summed E-state index contributed by atoms with van der Waals surface area (Å²) in [6.07, 6.45) is 3.88. The van der Waals surface area contributed by atoms with Gasteiger partial charge in [0, 0.05) is 16.7 Å². The molecule has 0 unspecified atom stereocenters. The van der Waals surface area contributed by atoms with Crippen LogP contribution in [-0.4, -0.2) is 22.2 Å². The first kappa shape index (κ1) is 12.2. The standard InChI is InChI=1S/C10H11N5O3/c1-6-5-15(10(17)13-9(6)16)8-3-2-7(18-8)4-12-14-11/h2-3,5,7-8H,4H2,1H3,(H,13,16,17)/t7-,8+/m0/s1. The molecule has 1 aromatic heterocycles. The van der Waals surface area contributed by atoms with E-state index in [2.05, 4.69) is 15.0 Å². The Morgan fingerprint density at radius 1 is 1.56 bits per heavy atom. The summed E-state index contributed by atoms with van der Waals surface area (Å²) in [5.74, 6) is 0. The van der Waals surface area contributed by atoms with Gasteiger partial charge in [-0.1, -0.05) is 11.2 Å². The zero-order valence-electron chi connectivity index (χ0n) is 9.61. The number of aromatic amines is 1. The van der Waals surface area contributed by atoms with Gasteiger partial charge in [-0.15, -0.1) is 0 Å². The van der Waals surface area contributed by atoms with Crippen molar-refractivity contribution >= 4 is 0 Å². The van der Waals surface area contributed by atoms with Gasteiger partial charge in [-0.3, -0.25) is 14.3 Å². The SMILES string of the molecule is Cc1cn([C@H]2C=C[C@@H](CN=[N+]=[N-])O2)c(=O)[nH]c1=O. The molecule has 2 heterocycles. The normalized spacial score (nSPS) is 21.8. The van der Waals surface area contributed by atoms with Crippen LogP contribution in [0.15, 0.2) is 33.1 Å². The Bertz CT molecular complexity index is 638. The average molecular weight is 249 g/mol. The molecule has 8 nitrogen and oxygen atoms in total. The van der Waals surface area contributed by atoms with Crippen molar-refractivity contribution < 1.29 is 4.74 Å². The molecule has 1 aromatic rings. The molecule has 0 fully saturated rings. The minimum absolute atomic E-state index is 0.167. The van der Waals surface area contributed by atoms with Crippen molar-refractivity contribution in [1.29, 1.82) is 0 Å². The van der Waals surface area contributed by atoms with E-state index in [4.69, 9.17) is 10.3 Å². The van der Waals surface area contributed by atoms with Crippen molar-refractivity contribution in [1.82, 2.24) is 9.55 Å². The van der Waals surface area contributed by atoms with E-state index in [1.165, 1.54) is 10.8 Å². The van der Waals surface area contributed by atoms with E-state index in [9.17, 15) is 9.59 Å². The maximum Gasteiger partial charge on any atom is 0.330 e. The molecule has 2 atom stereocenters. The molecule has 2 rings (SSSR count). The third-order valence-corrected chi connectivity index (χ3v) is 2.55. The van der Waals surface area contributed by atoms with E-state index in [0.717, 1.165) is 0 Å². The first-order valence-electron chi connectivity index (χ1n) is 5.28. The van der Waals surface area contributed by atoms with Gasteiger partial charge in [0.2, 0.25) is 0 Å². The van der Waals surface area contributed by atoms with Crippen LogP contribution in [0.5, 0.6) is 0 Å². The Morgan fingerprint density at radius 3 is 3.06 bits per heavy atom. The van der Waals surface area contributed by atoms with Crippen molar-refractivity contribution in [2.45, 2.75) is 19.3 Å². The third kappa shape index (κ3) is 2.34. The predicted octanol–water partition coefficient (Wildman–Crippen LogP) is 0.609. The Kier molecular flexibility index (Phi) is 3.31. The van der Waals surface area contributed by atoms with Gasteiger partial charge in [0.05, 0.1) is 12.6 Å². The highest BCUT2D eigenvalue weighted by Gasteiger charge is 2.21. The fraction of sp³-hybridized carbons (Fsp3) is 0.400. The Labute approximate surface area is 101 Å². The highest BCUT2D eigenvalue weighted by molar-refractivity contribution is 5.06. The molecular formula is C10H11N5O3. The molecule has 0 bridgehead atoms. The highest BCUT2D eigenvalue weighted by Crippen LogP contribution is 2.19. The van der Waals surface area contributed by atoms with E-state index >= 15 is 0 Å². The average Bonchev–Trinajstić information content (AvgIpc) is 2.79. The molecule has 18 heavy (non-hydrogen) atoms. The van der Waals surface area contributed by atoms with E-state index < -0.39 is 17.5 Å². The minimum atomic E-state index is -0.591. The topological polar surface area (TPSA) is 113 Å². The second kappa shape index (κ2) is 4.91. The number of H-pyrrole nitrogens is 1.